The van der Waals surface area contributed by atoms with Crippen LogP contribution >= 0.6 is 0 Å². The molecule has 4 heterocycles. The Morgan fingerprint density at radius 1 is 1.33 bits per heavy atom. The lowest BCUT2D eigenvalue weighted by atomic mass is 10.0. The molecule has 0 spiro atoms. The van der Waals surface area contributed by atoms with E-state index in [2.05, 4.69) is 15.6 Å². The zero-order valence-corrected chi connectivity index (χ0v) is 13.8. The zero-order chi connectivity index (χ0) is 16.2. The molecule has 1 atom stereocenters. The predicted molar refractivity (Wildman–Crippen MR) is 92.7 cm³/mol. The van der Waals surface area contributed by atoms with Crippen LogP contribution in [0.25, 0.3) is 11.4 Å². The van der Waals surface area contributed by atoms with Gasteiger partial charge in [0, 0.05) is 49.8 Å². The first-order chi connectivity index (χ1) is 11.9. The van der Waals surface area contributed by atoms with Gasteiger partial charge in [0.2, 0.25) is 0 Å². The van der Waals surface area contributed by atoms with E-state index in [-0.39, 0.29) is 0 Å². The molecule has 0 unspecified atom stereocenters. The molecular weight excluding hydrogens is 302 g/mol. The van der Waals surface area contributed by atoms with Crippen molar-refractivity contribution in [1.82, 2.24) is 20.3 Å². The van der Waals surface area contributed by atoms with Gasteiger partial charge in [-0.2, -0.15) is 0 Å². The molecule has 0 aromatic carbocycles. The second kappa shape index (κ2) is 7.23. The highest BCUT2D eigenvalue weighted by atomic mass is 16.5. The van der Waals surface area contributed by atoms with Crippen molar-refractivity contribution in [2.24, 2.45) is 5.92 Å². The quantitative estimate of drug-likeness (QED) is 0.876. The van der Waals surface area contributed by atoms with Gasteiger partial charge in [-0.3, -0.25) is 4.98 Å². The molecule has 24 heavy (non-hydrogen) atoms. The lowest BCUT2D eigenvalue weighted by Gasteiger charge is -2.21. The molecule has 0 radical (unpaired) electrons. The standard InChI is InChI=1S/C18H23N5O/c1-2-14(10-19-6-1)17-22-16-11-20-7-4-15(16)18(23-17)21-8-3-13-5-9-24-12-13/h1-2,6,10,13,20H,3-5,7-9,11-12H2,(H,21,22,23)/t13-/m0/s1. The Kier molecular flexibility index (Phi) is 4.66. The van der Waals surface area contributed by atoms with Crippen molar-refractivity contribution in [2.75, 3.05) is 31.6 Å². The second-order valence-electron chi connectivity index (χ2n) is 6.43. The van der Waals surface area contributed by atoms with Crippen LogP contribution in [0.15, 0.2) is 24.5 Å². The van der Waals surface area contributed by atoms with Gasteiger partial charge in [-0.1, -0.05) is 0 Å². The summed E-state index contributed by atoms with van der Waals surface area (Å²) in [6.45, 7) is 4.51. The number of pyridine rings is 1. The van der Waals surface area contributed by atoms with Crippen LogP contribution in [0.5, 0.6) is 0 Å². The summed E-state index contributed by atoms with van der Waals surface area (Å²) in [5.74, 6) is 2.41. The van der Waals surface area contributed by atoms with E-state index in [1.54, 1.807) is 6.20 Å². The maximum absolute atomic E-state index is 5.46. The average molecular weight is 325 g/mol. The highest BCUT2D eigenvalue weighted by Gasteiger charge is 2.19. The van der Waals surface area contributed by atoms with E-state index in [0.717, 1.165) is 68.6 Å². The fraction of sp³-hybridized carbons (Fsp3) is 0.500. The molecule has 2 N–H and O–H groups in total. The smallest absolute Gasteiger partial charge is 0.163 e. The SMILES string of the molecule is c1cncc(-c2nc3c(c(NCC[C@H]4CCOC4)n2)CCNC3)c1. The Labute approximate surface area is 142 Å². The van der Waals surface area contributed by atoms with E-state index in [1.165, 1.54) is 12.0 Å². The minimum Gasteiger partial charge on any atom is -0.381 e. The number of ether oxygens (including phenoxy) is 1. The molecule has 2 aromatic heterocycles. The van der Waals surface area contributed by atoms with Gasteiger partial charge in [0.05, 0.1) is 5.69 Å². The Morgan fingerprint density at radius 2 is 2.33 bits per heavy atom. The first kappa shape index (κ1) is 15.5. The average Bonchev–Trinajstić information content (AvgIpc) is 3.16. The summed E-state index contributed by atoms with van der Waals surface area (Å²) in [5, 5.41) is 6.95. The Morgan fingerprint density at radius 3 is 3.17 bits per heavy atom. The summed E-state index contributed by atoms with van der Waals surface area (Å²) in [5.41, 5.74) is 3.31. The van der Waals surface area contributed by atoms with Crippen LogP contribution in [0.4, 0.5) is 5.82 Å². The molecular formula is C18H23N5O. The van der Waals surface area contributed by atoms with E-state index < -0.39 is 0 Å². The largest absolute Gasteiger partial charge is 0.381 e. The Hall–Kier alpha value is -2.05. The monoisotopic (exact) mass is 325 g/mol. The zero-order valence-electron chi connectivity index (χ0n) is 13.8. The molecule has 0 amide bonds. The maximum atomic E-state index is 5.46. The topological polar surface area (TPSA) is 72.0 Å². The van der Waals surface area contributed by atoms with Crippen LogP contribution < -0.4 is 10.6 Å². The Balaban J connectivity index is 1.56. The van der Waals surface area contributed by atoms with E-state index in [9.17, 15) is 0 Å². The lowest BCUT2D eigenvalue weighted by molar-refractivity contribution is 0.185. The van der Waals surface area contributed by atoms with Gasteiger partial charge in [-0.05, 0) is 43.9 Å². The summed E-state index contributed by atoms with van der Waals surface area (Å²) >= 11 is 0. The van der Waals surface area contributed by atoms with Crippen molar-refractivity contribution in [3.63, 3.8) is 0 Å². The molecule has 126 valence electrons. The molecule has 0 bridgehead atoms. The van der Waals surface area contributed by atoms with Crippen LogP contribution in [-0.2, 0) is 17.7 Å². The van der Waals surface area contributed by atoms with Gasteiger partial charge in [0.25, 0.3) is 0 Å². The number of anilines is 1. The van der Waals surface area contributed by atoms with Crippen molar-refractivity contribution >= 4 is 5.82 Å². The number of fused-ring (bicyclic) bond motifs is 1. The molecule has 2 aliphatic rings. The molecule has 0 saturated carbocycles. The predicted octanol–water partition coefficient (Wildman–Crippen LogP) is 2.02. The molecule has 4 rings (SSSR count). The van der Waals surface area contributed by atoms with Crippen LogP contribution in [0.3, 0.4) is 0 Å². The van der Waals surface area contributed by atoms with Crippen molar-refractivity contribution in [1.29, 1.82) is 0 Å². The summed E-state index contributed by atoms with van der Waals surface area (Å²) in [6.07, 6.45) is 6.86. The highest BCUT2D eigenvalue weighted by molar-refractivity contribution is 5.59. The summed E-state index contributed by atoms with van der Waals surface area (Å²) in [4.78, 5) is 13.7. The van der Waals surface area contributed by atoms with E-state index >= 15 is 0 Å². The Bertz CT molecular complexity index is 685. The van der Waals surface area contributed by atoms with Gasteiger partial charge in [0.15, 0.2) is 5.82 Å². The van der Waals surface area contributed by atoms with Crippen LogP contribution in [-0.4, -0.2) is 41.3 Å². The number of aromatic nitrogens is 3. The fourth-order valence-electron chi connectivity index (χ4n) is 3.34. The highest BCUT2D eigenvalue weighted by Crippen LogP contribution is 2.25. The minimum absolute atomic E-state index is 0.676. The molecule has 0 aliphatic carbocycles. The van der Waals surface area contributed by atoms with Gasteiger partial charge < -0.3 is 15.4 Å². The van der Waals surface area contributed by atoms with Crippen LogP contribution in [0, 0.1) is 5.92 Å². The number of hydrogen-bond donors (Lipinski definition) is 2. The fourth-order valence-corrected chi connectivity index (χ4v) is 3.34. The number of rotatable bonds is 5. The van der Waals surface area contributed by atoms with Gasteiger partial charge >= 0.3 is 0 Å². The van der Waals surface area contributed by atoms with Crippen molar-refractivity contribution in [3.8, 4) is 11.4 Å². The number of nitrogens with zero attached hydrogens (tertiary/aromatic N) is 3. The molecule has 2 aromatic rings. The maximum Gasteiger partial charge on any atom is 0.163 e. The summed E-state index contributed by atoms with van der Waals surface area (Å²) in [6, 6.07) is 3.92. The third-order valence-electron chi connectivity index (χ3n) is 4.73. The third kappa shape index (κ3) is 3.39. The molecule has 6 heteroatoms. The number of hydrogen-bond acceptors (Lipinski definition) is 6. The molecule has 2 aliphatic heterocycles. The van der Waals surface area contributed by atoms with E-state index in [0.29, 0.717) is 5.92 Å². The van der Waals surface area contributed by atoms with Crippen molar-refractivity contribution in [3.05, 3.63) is 35.8 Å². The van der Waals surface area contributed by atoms with E-state index in [4.69, 9.17) is 14.7 Å². The van der Waals surface area contributed by atoms with Gasteiger partial charge in [0.1, 0.15) is 5.82 Å². The summed E-state index contributed by atoms with van der Waals surface area (Å²) < 4.78 is 5.46. The van der Waals surface area contributed by atoms with Crippen LogP contribution in [0.2, 0.25) is 0 Å². The number of nitrogens with one attached hydrogen (secondary N) is 2. The summed E-state index contributed by atoms with van der Waals surface area (Å²) in [7, 11) is 0. The minimum atomic E-state index is 0.676. The molecule has 1 fully saturated rings. The van der Waals surface area contributed by atoms with Crippen molar-refractivity contribution in [2.45, 2.75) is 25.8 Å². The second-order valence-corrected chi connectivity index (χ2v) is 6.43. The van der Waals surface area contributed by atoms with Crippen LogP contribution in [0.1, 0.15) is 24.1 Å². The first-order valence-electron chi connectivity index (χ1n) is 8.72. The van der Waals surface area contributed by atoms with Gasteiger partial charge in [-0.15, -0.1) is 0 Å². The molecule has 1 saturated heterocycles. The normalized spacial score (nSPS) is 19.9. The third-order valence-corrected chi connectivity index (χ3v) is 4.73. The molecule has 6 nitrogen and oxygen atoms in total. The van der Waals surface area contributed by atoms with Gasteiger partial charge in [-0.25, -0.2) is 9.97 Å². The first-order valence-corrected chi connectivity index (χ1v) is 8.72. The van der Waals surface area contributed by atoms with Crippen molar-refractivity contribution < 1.29 is 4.74 Å². The van der Waals surface area contributed by atoms with E-state index in [1.807, 2.05) is 18.3 Å². The lowest BCUT2D eigenvalue weighted by Crippen LogP contribution is -2.27.